The molecule has 1 aromatic heterocycles. The van der Waals surface area contributed by atoms with Gasteiger partial charge in [0.05, 0.1) is 11.1 Å². The van der Waals surface area contributed by atoms with Gasteiger partial charge in [-0.1, -0.05) is 23.7 Å². The minimum Gasteiger partial charge on any atom is -0.227 e. The summed E-state index contributed by atoms with van der Waals surface area (Å²) >= 11 is 6.13. The normalized spacial score (nSPS) is 11.1. The molecule has 0 spiro atoms. The van der Waals surface area contributed by atoms with Crippen LogP contribution in [0.5, 0.6) is 0 Å². The van der Waals surface area contributed by atoms with E-state index in [0.717, 1.165) is 0 Å². The van der Waals surface area contributed by atoms with E-state index in [1.807, 2.05) is 0 Å². The van der Waals surface area contributed by atoms with Gasteiger partial charge in [0, 0.05) is 10.9 Å². The lowest BCUT2D eigenvalue weighted by Crippen LogP contribution is -1.98. The van der Waals surface area contributed by atoms with Gasteiger partial charge in [0.2, 0.25) is 0 Å². The summed E-state index contributed by atoms with van der Waals surface area (Å²) in [6.07, 6.45) is 0. The molecule has 5 heteroatoms. The fourth-order valence-corrected chi connectivity index (χ4v) is 2.44. The Morgan fingerprint density at radius 1 is 1.00 bits per heavy atom. The highest BCUT2D eigenvalue weighted by Crippen LogP contribution is 2.29. The van der Waals surface area contributed by atoms with Crippen molar-refractivity contribution in [1.82, 2.24) is 9.97 Å². The van der Waals surface area contributed by atoms with E-state index in [1.165, 1.54) is 12.1 Å². The van der Waals surface area contributed by atoms with Crippen molar-refractivity contribution in [1.29, 1.82) is 0 Å². The van der Waals surface area contributed by atoms with Crippen LogP contribution in [0, 0.1) is 25.5 Å². The molecule has 0 saturated carbocycles. The van der Waals surface area contributed by atoms with Crippen molar-refractivity contribution in [2.24, 2.45) is 0 Å². The Labute approximate surface area is 125 Å². The summed E-state index contributed by atoms with van der Waals surface area (Å²) in [5.41, 5.74) is 1.50. The molecule has 1 heterocycles. The van der Waals surface area contributed by atoms with E-state index in [1.54, 1.807) is 32.0 Å². The largest absolute Gasteiger partial charge is 0.227 e. The molecule has 0 unspecified atom stereocenters. The Morgan fingerprint density at radius 2 is 1.76 bits per heavy atom. The van der Waals surface area contributed by atoms with Crippen LogP contribution in [-0.4, -0.2) is 9.97 Å². The lowest BCUT2D eigenvalue weighted by molar-refractivity contribution is 0.619. The zero-order valence-corrected chi connectivity index (χ0v) is 12.2. The zero-order valence-electron chi connectivity index (χ0n) is 11.4. The van der Waals surface area contributed by atoms with Crippen molar-refractivity contribution < 1.29 is 8.78 Å². The van der Waals surface area contributed by atoms with Crippen LogP contribution in [0.2, 0.25) is 5.15 Å². The first kappa shape index (κ1) is 13.9. The van der Waals surface area contributed by atoms with E-state index in [0.29, 0.717) is 22.0 Å². The predicted octanol–water partition coefficient (Wildman–Crippen LogP) is 4.85. The molecular weight excluding hydrogens is 294 g/mol. The Bertz CT molecular complexity index is 863. The molecule has 0 amide bonds. The minimum atomic E-state index is -0.401. The van der Waals surface area contributed by atoms with Gasteiger partial charge in [0.15, 0.2) is 5.82 Å². The number of aromatic nitrogens is 2. The summed E-state index contributed by atoms with van der Waals surface area (Å²) in [5.74, 6) is -0.627. The van der Waals surface area contributed by atoms with E-state index < -0.39 is 5.82 Å². The third-order valence-corrected chi connectivity index (χ3v) is 3.73. The van der Waals surface area contributed by atoms with Gasteiger partial charge in [-0.2, -0.15) is 0 Å². The standard InChI is InChI=1S/C16H11ClF2N2/c1-8-4-3-5-10(13(8)19)16-20-14-9(2)12(18)7-6-11(14)15(17)21-16/h3-7H,1-2H3. The summed E-state index contributed by atoms with van der Waals surface area (Å²) in [4.78, 5) is 8.43. The molecule has 0 aliphatic carbocycles. The summed E-state index contributed by atoms with van der Waals surface area (Å²) in [7, 11) is 0. The third-order valence-electron chi connectivity index (χ3n) is 3.44. The number of halogens is 3. The van der Waals surface area contributed by atoms with Gasteiger partial charge < -0.3 is 0 Å². The molecule has 0 atom stereocenters. The second kappa shape index (κ2) is 5.04. The number of hydrogen-bond donors (Lipinski definition) is 0. The van der Waals surface area contributed by atoms with Crippen molar-refractivity contribution in [2.45, 2.75) is 13.8 Å². The lowest BCUT2D eigenvalue weighted by Gasteiger charge is -2.09. The van der Waals surface area contributed by atoms with Crippen LogP contribution in [0.15, 0.2) is 30.3 Å². The molecule has 106 valence electrons. The fourth-order valence-electron chi connectivity index (χ4n) is 2.21. The van der Waals surface area contributed by atoms with E-state index in [2.05, 4.69) is 9.97 Å². The maximum Gasteiger partial charge on any atom is 0.164 e. The van der Waals surface area contributed by atoms with Crippen LogP contribution in [0.25, 0.3) is 22.3 Å². The summed E-state index contributed by atoms with van der Waals surface area (Å²) < 4.78 is 27.9. The summed E-state index contributed by atoms with van der Waals surface area (Å²) in [6, 6.07) is 7.80. The molecule has 3 rings (SSSR count). The molecule has 0 saturated heterocycles. The molecule has 0 radical (unpaired) electrons. The lowest BCUT2D eigenvalue weighted by atomic mass is 10.1. The molecule has 2 nitrogen and oxygen atoms in total. The number of benzene rings is 2. The first-order valence-electron chi connectivity index (χ1n) is 6.37. The monoisotopic (exact) mass is 304 g/mol. The van der Waals surface area contributed by atoms with Crippen LogP contribution in [-0.2, 0) is 0 Å². The average molecular weight is 305 g/mol. The van der Waals surface area contributed by atoms with E-state index in [-0.39, 0.29) is 22.4 Å². The predicted molar refractivity (Wildman–Crippen MR) is 79.4 cm³/mol. The zero-order chi connectivity index (χ0) is 15.1. The van der Waals surface area contributed by atoms with Crippen LogP contribution >= 0.6 is 11.6 Å². The maximum atomic E-state index is 14.2. The number of hydrogen-bond acceptors (Lipinski definition) is 2. The fraction of sp³-hybridized carbons (Fsp3) is 0.125. The Hall–Kier alpha value is -2.07. The van der Waals surface area contributed by atoms with E-state index >= 15 is 0 Å². The topological polar surface area (TPSA) is 25.8 Å². The van der Waals surface area contributed by atoms with Crippen LogP contribution < -0.4 is 0 Å². The quantitative estimate of drug-likeness (QED) is 0.601. The second-order valence-corrected chi connectivity index (χ2v) is 5.20. The molecule has 0 N–H and O–H groups in total. The molecule has 3 aromatic rings. The average Bonchev–Trinajstić information content (AvgIpc) is 2.46. The smallest absolute Gasteiger partial charge is 0.164 e. The van der Waals surface area contributed by atoms with Crippen LogP contribution in [0.4, 0.5) is 8.78 Å². The van der Waals surface area contributed by atoms with Gasteiger partial charge in [-0.15, -0.1) is 0 Å². The number of aryl methyl sites for hydroxylation is 2. The highest BCUT2D eigenvalue weighted by molar-refractivity contribution is 6.34. The van der Waals surface area contributed by atoms with Gasteiger partial charge >= 0.3 is 0 Å². The van der Waals surface area contributed by atoms with Crippen molar-refractivity contribution in [3.8, 4) is 11.4 Å². The van der Waals surface area contributed by atoms with Gasteiger partial charge in [0.25, 0.3) is 0 Å². The van der Waals surface area contributed by atoms with Gasteiger partial charge in [-0.05, 0) is 37.6 Å². The highest BCUT2D eigenvalue weighted by Gasteiger charge is 2.15. The Kier molecular flexibility index (Phi) is 3.33. The van der Waals surface area contributed by atoms with E-state index in [9.17, 15) is 8.78 Å². The van der Waals surface area contributed by atoms with Crippen molar-refractivity contribution in [2.75, 3.05) is 0 Å². The second-order valence-electron chi connectivity index (χ2n) is 4.84. The number of rotatable bonds is 1. The first-order chi connectivity index (χ1) is 9.99. The minimum absolute atomic E-state index is 0.155. The Balaban J connectivity index is 2.35. The van der Waals surface area contributed by atoms with Crippen molar-refractivity contribution in [3.63, 3.8) is 0 Å². The third kappa shape index (κ3) is 2.25. The molecule has 21 heavy (non-hydrogen) atoms. The molecule has 2 aromatic carbocycles. The highest BCUT2D eigenvalue weighted by atomic mass is 35.5. The van der Waals surface area contributed by atoms with Crippen LogP contribution in [0.3, 0.4) is 0 Å². The Morgan fingerprint density at radius 3 is 2.52 bits per heavy atom. The van der Waals surface area contributed by atoms with Gasteiger partial charge in [-0.3, -0.25) is 0 Å². The van der Waals surface area contributed by atoms with Crippen molar-refractivity contribution in [3.05, 3.63) is 58.2 Å². The van der Waals surface area contributed by atoms with Gasteiger partial charge in [0.1, 0.15) is 16.8 Å². The SMILES string of the molecule is Cc1cccc(-c2nc(Cl)c3ccc(F)c(C)c3n2)c1F. The molecule has 0 bridgehead atoms. The first-order valence-corrected chi connectivity index (χ1v) is 6.74. The van der Waals surface area contributed by atoms with Crippen LogP contribution in [0.1, 0.15) is 11.1 Å². The van der Waals surface area contributed by atoms with Gasteiger partial charge in [-0.25, -0.2) is 18.7 Å². The molecule has 0 aliphatic heterocycles. The molecular formula is C16H11ClF2N2. The maximum absolute atomic E-state index is 14.2. The van der Waals surface area contributed by atoms with Crippen molar-refractivity contribution >= 4 is 22.5 Å². The molecule has 0 aliphatic rings. The number of nitrogens with zero attached hydrogens (tertiary/aromatic N) is 2. The molecule has 0 fully saturated rings. The summed E-state index contributed by atoms with van der Waals surface area (Å²) in [5, 5.41) is 0.728. The summed E-state index contributed by atoms with van der Waals surface area (Å²) in [6.45, 7) is 3.27. The number of fused-ring (bicyclic) bond motifs is 1. The van der Waals surface area contributed by atoms with E-state index in [4.69, 9.17) is 11.6 Å².